The maximum Gasteiger partial charge on any atom is 0.308 e. The van der Waals surface area contributed by atoms with Gasteiger partial charge >= 0.3 is 5.97 Å². The number of ether oxygens (including phenoxy) is 1. The number of aliphatic carboxylic acids is 1. The summed E-state index contributed by atoms with van der Waals surface area (Å²) in [5.41, 5.74) is 7.93. The van der Waals surface area contributed by atoms with Gasteiger partial charge in [-0.3, -0.25) is 14.5 Å². The number of imidazole rings is 1. The Kier molecular flexibility index (Phi) is 8.64. The highest BCUT2D eigenvalue weighted by Gasteiger charge is 2.47. The van der Waals surface area contributed by atoms with Crippen molar-refractivity contribution < 1.29 is 19.4 Å². The topological polar surface area (TPSA) is 114 Å². The fourth-order valence-electron chi connectivity index (χ4n) is 5.68. The van der Waals surface area contributed by atoms with Gasteiger partial charge in [0.2, 0.25) is 5.91 Å². The second-order valence-electron chi connectivity index (χ2n) is 9.95. The average molecular weight is 498 g/mol. The predicted octanol–water partition coefficient (Wildman–Crippen LogP) is 2.04. The Morgan fingerprint density at radius 1 is 1.31 bits per heavy atom. The van der Waals surface area contributed by atoms with Gasteiger partial charge in [0.15, 0.2) is 0 Å². The zero-order valence-corrected chi connectivity index (χ0v) is 21.4. The molecule has 1 amide bonds. The molecule has 0 spiro atoms. The van der Waals surface area contributed by atoms with Crippen LogP contribution in [0.5, 0.6) is 5.75 Å². The maximum atomic E-state index is 13.3. The van der Waals surface area contributed by atoms with E-state index in [1.807, 2.05) is 34.8 Å². The second kappa shape index (κ2) is 11.9. The van der Waals surface area contributed by atoms with Crippen LogP contribution in [0, 0.1) is 5.92 Å². The number of carboxylic acid groups (broad SMARTS) is 1. The van der Waals surface area contributed by atoms with Crippen LogP contribution in [-0.4, -0.2) is 81.7 Å². The third kappa shape index (κ3) is 5.73. The first kappa shape index (κ1) is 26.2. The number of aryl methyl sites for hydroxylation is 2. The first-order chi connectivity index (χ1) is 17.4. The number of unbranched alkanes of at least 4 members (excludes halogenated alkanes) is 1. The molecule has 1 aromatic heterocycles. The molecule has 0 radical (unpaired) electrons. The Labute approximate surface area is 213 Å². The molecule has 2 aromatic rings. The van der Waals surface area contributed by atoms with Crippen LogP contribution < -0.4 is 10.5 Å². The third-order valence-corrected chi connectivity index (χ3v) is 7.63. The van der Waals surface area contributed by atoms with Crippen molar-refractivity contribution >= 4 is 11.9 Å². The maximum absolute atomic E-state index is 13.3. The Hall–Kier alpha value is -2.91. The van der Waals surface area contributed by atoms with Crippen LogP contribution in [0.1, 0.15) is 49.1 Å². The van der Waals surface area contributed by atoms with E-state index in [0.717, 1.165) is 42.0 Å². The molecule has 2 aliphatic heterocycles. The molecular formula is C27H39N5O4. The molecule has 4 rings (SSSR count). The van der Waals surface area contributed by atoms with Crippen molar-refractivity contribution in [2.75, 3.05) is 39.3 Å². The summed E-state index contributed by atoms with van der Waals surface area (Å²) >= 11 is 0. The van der Waals surface area contributed by atoms with Gasteiger partial charge in [-0.1, -0.05) is 25.5 Å². The molecule has 36 heavy (non-hydrogen) atoms. The zero-order valence-electron chi connectivity index (χ0n) is 21.4. The van der Waals surface area contributed by atoms with E-state index in [-0.39, 0.29) is 24.4 Å². The number of rotatable bonds is 12. The van der Waals surface area contributed by atoms with E-state index in [1.165, 1.54) is 0 Å². The fraction of sp³-hybridized carbons (Fsp3) is 0.593. The summed E-state index contributed by atoms with van der Waals surface area (Å²) in [5, 5.41) is 10.4. The average Bonchev–Trinajstić information content (AvgIpc) is 3.58. The first-order valence-corrected chi connectivity index (χ1v) is 13.1. The van der Waals surface area contributed by atoms with Gasteiger partial charge in [-0.15, -0.1) is 0 Å². The van der Waals surface area contributed by atoms with Crippen molar-refractivity contribution in [1.29, 1.82) is 0 Å². The van der Waals surface area contributed by atoms with E-state index in [9.17, 15) is 14.7 Å². The second-order valence-corrected chi connectivity index (χ2v) is 9.95. The number of amides is 1. The SMILES string of the molecule is CCCCN(CCN)C(=O)CN1CC(c2ccc3c(c2)CCO3)C(C(=O)O)C1CCc1nccn1C. The van der Waals surface area contributed by atoms with Crippen LogP contribution in [0.4, 0.5) is 0 Å². The number of likely N-dealkylation sites (tertiary alicyclic amines) is 1. The lowest BCUT2D eigenvalue weighted by Gasteiger charge is -2.29. The highest BCUT2D eigenvalue weighted by Crippen LogP contribution is 2.41. The van der Waals surface area contributed by atoms with E-state index < -0.39 is 11.9 Å². The van der Waals surface area contributed by atoms with Crippen LogP contribution >= 0.6 is 0 Å². The van der Waals surface area contributed by atoms with Crippen molar-refractivity contribution in [3.05, 3.63) is 47.5 Å². The van der Waals surface area contributed by atoms with Crippen LogP contribution in [0.3, 0.4) is 0 Å². The van der Waals surface area contributed by atoms with Gasteiger partial charge in [-0.25, -0.2) is 4.98 Å². The standard InChI is InChI=1S/C27H39N5O4/c1-3-4-12-31(13-10-28)25(33)18-32-17-21(19-5-7-23-20(16-19)9-15-36-23)26(27(34)35)22(32)6-8-24-29-11-14-30(24)2/h5,7,11,14,16,21-22,26H,3-4,6,8-10,12-13,15,17-18,28H2,1-2H3,(H,34,35). The van der Waals surface area contributed by atoms with E-state index in [0.29, 0.717) is 45.6 Å². The molecule has 3 N–H and O–H groups in total. The van der Waals surface area contributed by atoms with Crippen LogP contribution in [0.25, 0.3) is 0 Å². The number of nitrogens with two attached hydrogens (primary N) is 1. The molecule has 3 heterocycles. The molecule has 9 nitrogen and oxygen atoms in total. The van der Waals surface area contributed by atoms with Crippen LogP contribution in [0.2, 0.25) is 0 Å². The summed E-state index contributed by atoms with van der Waals surface area (Å²) in [5.74, 6) is 0.180. The number of aromatic nitrogens is 2. The highest BCUT2D eigenvalue weighted by molar-refractivity contribution is 5.79. The van der Waals surface area contributed by atoms with Crippen molar-refractivity contribution in [1.82, 2.24) is 19.4 Å². The largest absolute Gasteiger partial charge is 0.493 e. The summed E-state index contributed by atoms with van der Waals surface area (Å²) < 4.78 is 7.63. The van der Waals surface area contributed by atoms with Crippen molar-refractivity contribution in [2.24, 2.45) is 18.7 Å². The Balaban J connectivity index is 1.60. The molecule has 9 heteroatoms. The van der Waals surface area contributed by atoms with Crippen LogP contribution in [-0.2, 0) is 29.5 Å². The summed E-state index contributed by atoms with van der Waals surface area (Å²) in [6, 6.07) is 5.78. The molecule has 2 aliphatic rings. The van der Waals surface area contributed by atoms with Gasteiger partial charge < -0.3 is 25.0 Å². The molecular weight excluding hydrogens is 458 g/mol. The lowest BCUT2D eigenvalue weighted by Crippen LogP contribution is -2.45. The number of hydrogen-bond acceptors (Lipinski definition) is 6. The van der Waals surface area contributed by atoms with Gasteiger partial charge in [0.1, 0.15) is 11.6 Å². The highest BCUT2D eigenvalue weighted by atomic mass is 16.5. The predicted molar refractivity (Wildman–Crippen MR) is 137 cm³/mol. The molecule has 3 unspecified atom stereocenters. The lowest BCUT2D eigenvalue weighted by molar-refractivity contribution is -0.143. The number of fused-ring (bicyclic) bond motifs is 1. The number of carbonyl (C=O) groups excluding carboxylic acids is 1. The van der Waals surface area contributed by atoms with E-state index in [1.54, 1.807) is 6.20 Å². The van der Waals surface area contributed by atoms with Gasteiger partial charge in [0.05, 0.1) is 19.1 Å². The quantitative estimate of drug-likeness (QED) is 0.461. The number of nitrogens with zero attached hydrogens (tertiary/aromatic N) is 4. The molecule has 1 aromatic carbocycles. The summed E-state index contributed by atoms with van der Waals surface area (Å²) in [6.45, 7) is 5.09. The van der Waals surface area contributed by atoms with Crippen LogP contribution in [0.15, 0.2) is 30.6 Å². The van der Waals surface area contributed by atoms with Crippen molar-refractivity contribution in [3.8, 4) is 5.75 Å². The Morgan fingerprint density at radius 2 is 2.14 bits per heavy atom. The van der Waals surface area contributed by atoms with Gasteiger partial charge in [-0.2, -0.15) is 0 Å². The Morgan fingerprint density at radius 3 is 2.83 bits per heavy atom. The normalized spacial score (nSPS) is 21.4. The summed E-state index contributed by atoms with van der Waals surface area (Å²) in [6.07, 6.45) is 7.67. The zero-order chi connectivity index (χ0) is 25.7. The molecule has 196 valence electrons. The number of benzene rings is 1. The molecule has 1 fully saturated rings. The minimum Gasteiger partial charge on any atom is -0.493 e. The molecule has 3 atom stereocenters. The van der Waals surface area contributed by atoms with Crippen molar-refractivity contribution in [2.45, 2.75) is 51.0 Å². The number of carboxylic acids is 1. The minimum absolute atomic E-state index is 0.0167. The number of carbonyl (C=O) groups is 2. The van der Waals surface area contributed by atoms with Gasteiger partial charge in [0, 0.05) is 70.4 Å². The smallest absolute Gasteiger partial charge is 0.308 e. The van der Waals surface area contributed by atoms with E-state index in [4.69, 9.17) is 10.5 Å². The van der Waals surface area contributed by atoms with Gasteiger partial charge in [0.25, 0.3) is 0 Å². The monoisotopic (exact) mass is 497 g/mol. The molecule has 0 aliphatic carbocycles. The van der Waals surface area contributed by atoms with Gasteiger partial charge in [-0.05, 0) is 30.0 Å². The molecule has 1 saturated heterocycles. The molecule has 0 bridgehead atoms. The minimum atomic E-state index is -0.818. The first-order valence-electron chi connectivity index (χ1n) is 13.1. The van der Waals surface area contributed by atoms with E-state index in [2.05, 4.69) is 22.9 Å². The summed E-state index contributed by atoms with van der Waals surface area (Å²) in [4.78, 5) is 34.4. The third-order valence-electron chi connectivity index (χ3n) is 7.63. The molecule has 0 saturated carbocycles. The number of hydrogen-bond donors (Lipinski definition) is 2. The van der Waals surface area contributed by atoms with Crippen molar-refractivity contribution in [3.63, 3.8) is 0 Å². The summed E-state index contributed by atoms with van der Waals surface area (Å²) in [7, 11) is 1.95. The fourth-order valence-corrected chi connectivity index (χ4v) is 5.68. The van der Waals surface area contributed by atoms with E-state index >= 15 is 0 Å². The lowest BCUT2D eigenvalue weighted by atomic mass is 9.83. The Bertz CT molecular complexity index is 1050.